The van der Waals surface area contributed by atoms with Crippen LogP contribution in [0.1, 0.15) is 23.7 Å². The second-order valence-corrected chi connectivity index (χ2v) is 8.07. The number of amides is 1. The minimum absolute atomic E-state index is 0.0678. The van der Waals surface area contributed by atoms with E-state index in [1.165, 1.54) is 11.8 Å². The molecule has 1 saturated heterocycles. The molecule has 2 atom stereocenters. The monoisotopic (exact) mass is 390 g/mol. The fraction of sp³-hybridized carbons (Fsp3) is 0.526. The van der Waals surface area contributed by atoms with Crippen LogP contribution < -0.4 is 0 Å². The molecule has 8 heteroatoms. The molecule has 146 valence electrons. The van der Waals surface area contributed by atoms with Gasteiger partial charge in [-0.1, -0.05) is 35.5 Å². The quantitative estimate of drug-likeness (QED) is 0.803. The van der Waals surface area contributed by atoms with Crippen LogP contribution in [0.4, 0.5) is 0 Å². The number of carbonyl (C=O) groups excluding carboxylic acids is 1. The molecule has 1 aromatic heterocycles. The van der Waals surface area contributed by atoms with Gasteiger partial charge in [0.05, 0.1) is 17.5 Å². The summed E-state index contributed by atoms with van der Waals surface area (Å²) in [7, 11) is 3.89. The van der Waals surface area contributed by atoms with E-state index in [0.29, 0.717) is 42.7 Å². The van der Waals surface area contributed by atoms with E-state index in [2.05, 4.69) is 10.1 Å². The number of aliphatic hydroxyl groups is 1. The van der Waals surface area contributed by atoms with Gasteiger partial charge in [0.15, 0.2) is 5.82 Å². The molecule has 1 aromatic carbocycles. The largest absolute Gasteiger partial charge is 0.383 e. The van der Waals surface area contributed by atoms with Crippen molar-refractivity contribution in [2.24, 2.45) is 0 Å². The number of likely N-dealkylation sites (N-methyl/N-ethyl adjacent to an activating group) is 1. The zero-order valence-corrected chi connectivity index (χ0v) is 16.8. The molecule has 0 aliphatic carbocycles. The Labute approximate surface area is 163 Å². The second-order valence-electron chi connectivity index (χ2n) is 7.09. The molecule has 1 amide bonds. The van der Waals surface area contributed by atoms with Gasteiger partial charge in [-0.25, -0.2) is 0 Å². The molecule has 7 nitrogen and oxygen atoms in total. The number of piperidine rings is 1. The Morgan fingerprint density at radius 3 is 2.78 bits per heavy atom. The van der Waals surface area contributed by atoms with Crippen LogP contribution in [0.5, 0.6) is 0 Å². The molecular formula is C19H26N4O3S. The number of thioether (sulfide) groups is 1. The van der Waals surface area contributed by atoms with Crippen LogP contribution in [0.2, 0.25) is 0 Å². The SMILES string of the molecule is Cc1noc(CSCC(=O)N2CC[C@](O)(c3ccccc3)[C@H](N(C)C)C2)n1. The molecule has 0 radical (unpaired) electrons. The second kappa shape index (κ2) is 8.41. The van der Waals surface area contributed by atoms with Gasteiger partial charge in [-0.3, -0.25) is 4.79 Å². The third kappa shape index (κ3) is 4.51. The Hall–Kier alpha value is -1.90. The van der Waals surface area contributed by atoms with Crippen molar-refractivity contribution in [2.75, 3.05) is 32.9 Å². The number of benzene rings is 1. The lowest BCUT2D eigenvalue weighted by atomic mass is 9.80. The Kier molecular flexibility index (Phi) is 6.18. The summed E-state index contributed by atoms with van der Waals surface area (Å²) in [5.41, 5.74) is -0.0624. The van der Waals surface area contributed by atoms with E-state index < -0.39 is 5.60 Å². The normalized spacial score (nSPS) is 23.0. The first-order valence-corrected chi connectivity index (χ1v) is 10.1. The molecule has 0 bridgehead atoms. The smallest absolute Gasteiger partial charge is 0.236 e. The number of aryl methyl sites for hydroxylation is 1. The lowest BCUT2D eigenvalue weighted by molar-refractivity contribution is -0.139. The average Bonchev–Trinajstić information content (AvgIpc) is 3.07. The first-order chi connectivity index (χ1) is 12.9. The van der Waals surface area contributed by atoms with Gasteiger partial charge in [-0.15, -0.1) is 11.8 Å². The third-order valence-electron chi connectivity index (χ3n) is 4.98. The first kappa shape index (κ1) is 19.9. The molecule has 1 aliphatic rings. The van der Waals surface area contributed by atoms with Gasteiger partial charge < -0.3 is 19.4 Å². The number of carbonyl (C=O) groups is 1. The lowest BCUT2D eigenvalue weighted by Crippen LogP contribution is -2.60. The van der Waals surface area contributed by atoms with Crippen molar-refractivity contribution in [3.63, 3.8) is 0 Å². The standard InChI is InChI=1S/C19H26N4O3S/c1-14-20-17(26-21-14)12-27-13-18(24)23-10-9-19(25,16(11-23)22(2)3)15-7-5-4-6-8-15/h4-8,16,25H,9-13H2,1-3H3/t16-,19+/m1/s1. The van der Waals surface area contributed by atoms with Gasteiger partial charge in [-0.2, -0.15) is 4.98 Å². The highest BCUT2D eigenvalue weighted by Gasteiger charge is 2.44. The molecule has 3 rings (SSSR count). The predicted molar refractivity (Wildman–Crippen MR) is 104 cm³/mol. The number of aromatic nitrogens is 2. The van der Waals surface area contributed by atoms with Gasteiger partial charge in [0, 0.05) is 13.1 Å². The summed E-state index contributed by atoms with van der Waals surface area (Å²) in [5.74, 6) is 2.07. The molecule has 2 aromatic rings. The number of hydrogen-bond acceptors (Lipinski definition) is 7. The van der Waals surface area contributed by atoms with Crippen molar-refractivity contribution < 1.29 is 14.4 Å². The fourth-order valence-electron chi connectivity index (χ4n) is 3.52. The maximum Gasteiger partial charge on any atom is 0.236 e. The van der Waals surface area contributed by atoms with E-state index in [-0.39, 0.29) is 11.9 Å². The van der Waals surface area contributed by atoms with Gasteiger partial charge in [0.25, 0.3) is 0 Å². The average molecular weight is 391 g/mol. The zero-order chi connectivity index (χ0) is 19.4. The highest BCUT2D eigenvalue weighted by atomic mass is 32.2. The summed E-state index contributed by atoms with van der Waals surface area (Å²) < 4.78 is 5.07. The lowest BCUT2D eigenvalue weighted by Gasteiger charge is -2.47. The molecule has 2 heterocycles. The molecule has 0 saturated carbocycles. The molecule has 1 fully saturated rings. The van der Waals surface area contributed by atoms with E-state index in [0.717, 1.165) is 5.56 Å². The molecule has 1 N–H and O–H groups in total. The van der Waals surface area contributed by atoms with Gasteiger partial charge in [0.1, 0.15) is 5.60 Å². The summed E-state index contributed by atoms with van der Waals surface area (Å²) in [6, 6.07) is 9.56. The summed E-state index contributed by atoms with van der Waals surface area (Å²) in [5, 5.41) is 15.1. The molecular weight excluding hydrogens is 364 g/mol. The highest BCUT2D eigenvalue weighted by molar-refractivity contribution is 7.99. The summed E-state index contributed by atoms with van der Waals surface area (Å²) in [6.45, 7) is 2.80. The van der Waals surface area contributed by atoms with E-state index >= 15 is 0 Å². The van der Waals surface area contributed by atoms with Crippen LogP contribution in [0, 0.1) is 6.92 Å². The Bertz CT molecular complexity index is 767. The molecule has 0 unspecified atom stereocenters. The van der Waals surface area contributed by atoms with Gasteiger partial charge in [-0.05, 0) is 33.0 Å². The van der Waals surface area contributed by atoms with Crippen LogP contribution in [0.15, 0.2) is 34.9 Å². The molecule has 0 spiro atoms. The van der Waals surface area contributed by atoms with Crippen molar-refractivity contribution in [2.45, 2.75) is 30.7 Å². The Balaban J connectivity index is 1.61. The number of hydrogen-bond donors (Lipinski definition) is 1. The van der Waals surface area contributed by atoms with E-state index in [9.17, 15) is 9.90 Å². The topological polar surface area (TPSA) is 82.7 Å². The number of nitrogens with zero attached hydrogens (tertiary/aromatic N) is 4. The van der Waals surface area contributed by atoms with Crippen LogP contribution >= 0.6 is 11.8 Å². The van der Waals surface area contributed by atoms with E-state index in [4.69, 9.17) is 4.52 Å². The molecule has 27 heavy (non-hydrogen) atoms. The fourth-order valence-corrected chi connectivity index (χ4v) is 4.27. The van der Waals surface area contributed by atoms with E-state index in [1.54, 1.807) is 6.92 Å². The van der Waals surface area contributed by atoms with Gasteiger partial charge >= 0.3 is 0 Å². The highest BCUT2D eigenvalue weighted by Crippen LogP contribution is 2.35. The predicted octanol–water partition coefficient (Wildman–Crippen LogP) is 1.66. The van der Waals surface area contributed by atoms with Crippen LogP contribution in [0.25, 0.3) is 0 Å². The van der Waals surface area contributed by atoms with Crippen molar-refractivity contribution >= 4 is 17.7 Å². The Morgan fingerprint density at radius 1 is 1.41 bits per heavy atom. The minimum Gasteiger partial charge on any atom is -0.383 e. The third-order valence-corrected chi connectivity index (χ3v) is 5.88. The molecule has 1 aliphatic heterocycles. The van der Waals surface area contributed by atoms with Gasteiger partial charge in [0.2, 0.25) is 11.8 Å². The summed E-state index contributed by atoms with van der Waals surface area (Å²) in [4.78, 5) is 20.6. The Morgan fingerprint density at radius 2 is 2.15 bits per heavy atom. The van der Waals surface area contributed by atoms with Crippen LogP contribution in [-0.4, -0.2) is 69.9 Å². The van der Waals surface area contributed by atoms with Crippen LogP contribution in [0.3, 0.4) is 0 Å². The maximum atomic E-state index is 12.6. The van der Waals surface area contributed by atoms with E-state index in [1.807, 2.05) is 54.2 Å². The van der Waals surface area contributed by atoms with Crippen molar-refractivity contribution in [3.05, 3.63) is 47.6 Å². The summed E-state index contributed by atoms with van der Waals surface area (Å²) >= 11 is 1.46. The summed E-state index contributed by atoms with van der Waals surface area (Å²) in [6.07, 6.45) is 0.513. The van der Waals surface area contributed by atoms with Crippen molar-refractivity contribution in [1.29, 1.82) is 0 Å². The number of likely N-dealkylation sites (tertiary alicyclic amines) is 1. The van der Waals surface area contributed by atoms with Crippen LogP contribution in [-0.2, 0) is 16.1 Å². The zero-order valence-electron chi connectivity index (χ0n) is 16.0. The first-order valence-electron chi connectivity index (χ1n) is 8.99. The van der Waals surface area contributed by atoms with Crippen molar-refractivity contribution in [1.82, 2.24) is 19.9 Å². The maximum absolute atomic E-state index is 12.6. The minimum atomic E-state index is -0.962. The number of rotatable bonds is 6. The van der Waals surface area contributed by atoms with Crippen molar-refractivity contribution in [3.8, 4) is 0 Å².